The van der Waals surface area contributed by atoms with Gasteiger partial charge in [0.15, 0.2) is 0 Å². The Balaban J connectivity index is 1.16. The molecule has 0 bridgehead atoms. The number of rotatable bonds is 5. The van der Waals surface area contributed by atoms with Crippen molar-refractivity contribution in [1.82, 2.24) is 0 Å². The number of nitrogens with zero attached hydrogens (tertiary/aromatic N) is 1. The Kier molecular flexibility index (Phi) is 8.82. The average Bonchev–Trinajstić information content (AvgIpc) is 3.19. The Hall–Kier alpha value is -5.92. The summed E-state index contributed by atoms with van der Waals surface area (Å²) in [5.74, 6) is 0. The minimum Gasteiger partial charge on any atom is -0.310 e. The summed E-state index contributed by atoms with van der Waals surface area (Å²) in [5, 5.41) is 5.06. The van der Waals surface area contributed by atoms with E-state index in [9.17, 15) is 0 Å². The minimum atomic E-state index is 0.0466. The molecule has 1 aliphatic carbocycles. The van der Waals surface area contributed by atoms with Crippen LogP contribution in [0, 0.1) is 6.92 Å². The van der Waals surface area contributed by atoms with Crippen molar-refractivity contribution in [2.45, 2.75) is 85.5 Å². The Morgan fingerprint density at radius 2 is 0.741 bits per heavy atom. The summed E-state index contributed by atoms with van der Waals surface area (Å²) in [5.41, 5.74) is 19.4. The first kappa shape index (κ1) is 37.6. The van der Waals surface area contributed by atoms with E-state index in [-0.39, 0.29) is 16.2 Å². The lowest BCUT2D eigenvalue weighted by Gasteiger charge is -2.30. The Labute approximate surface area is 346 Å². The van der Waals surface area contributed by atoms with Crippen molar-refractivity contribution in [3.05, 3.63) is 174 Å². The number of hydrogen-bond donors (Lipinski definition) is 0. The maximum Gasteiger partial charge on any atom is 0.0493 e. The second-order valence-corrected chi connectivity index (χ2v) is 19.6. The van der Waals surface area contributed by atoms with Crippen LogP contribution in [0.4, 0.5) is 17.1 Å². The molecule has 8 aromatic rings. The van der Waals surface area contributed by atoms with Crippen molar-refractivity contribution in [3.63, 3.8) is 0 Å². The number of fused-ring (bicyclic) bond motifs is 6. The highest BCUT2D eigenvalue weighted by Crippen LogP contribution is 2.52. The molecule has 0 unspecified atom stereocenters. The lowest BCUT2D eigenvalue weighted by molar-refractivity contribution is 0.590. The Bertz CT molecular complexity index is 2850. The third-order valence-corrected chi connectivity index (χ3v) is 12.4. The molecule has 0 heterocycles. The van der Waals surface area contributed by atoms with E-state index in [1.807, 2.05) is 0 Å². The van der Waals surface area contributed by atoms with Crippen molar-refractivity contribution in [1.29, 1.82) is 0 Å². The molecule has 0 saturated heterocycles. The molecule has 0 amide bonds. The zero-order chi connectivity index (χ0) is 40.7. The molecule has 0 radical (unpaired) electrons. The lowest BCUT2D eigenvalue weighted by atomic mass is 9.77. The summed E-state index contributed by atoms with van der Waals surface area (Å²) < 4.78 is 0. The van der Waals surface area contributed by atoms with Crippen molar-refractivity contribution >= 4 is 38.6 Å². The molecule has 288 valence electrons. The van der Waals surface area contributed by atoms with E-state index in [1.54, 1.807) is 0 Å². The van der Waals surface area contributed by atoms with Crippen LogP contribution in [0.5, 0.6) is 0 Å². The molecule has 9 rings (SSSR count). The first-order chi connectivity index (χ1) is 27.5. The molecule has 1 aliphatic rings. The standard InChI is InChI=1S/C57H55N/c1-36-16-22-45(57(8,9)10)35-54(36)58(46-14-12-11-13-15-46)47-27-21-39-29-50-51(32-40(39)28-47)53-34-42-31-49(38-19-25-44(26-20-38)56(5,6)7)48(30-41(42)33-52(50)53)37-17-23-43(24-18-37)55(2,3)4/h11-35H,1-10H3. The fourth-order valence-electron chi connectivity index (χ4n) is 8.70. The van der Waals surface area contributed by atoms with E-state index < -0.39 is 0 Å². The van der Waals surface area contributed by atoms with E-state index in [1.165, 1.54) is 94.0 Å². The summed E-state index contributed by atoms with van der Waals surface area (Å²) in [4.78, 5) is 2.43. The average molecular weight is 754 g/mol. The van der Waals surface area contributed by atoms with Gasteiger partial charge in [0.25, 0.3) is 0 Å². The van der Waals surface area contributed by atoms with Gasteiger partial charge in [-0.05, 0) is 178 Å². The predicted molar refractivity (Wildman–Crippen MR) is 252 cm³/mol. The van der Waals surface area contributed by atoms with Crippen molar-refractivity contribution in [2.24, 2.45) is 0 Å². The first-order valence-electron chi connectivity index (χ1n) is 20.9. The van der Waals surface area contributed by atoms with E-state index in [0.717, 1.165) is 11.4 Å². The minimum absolute atomic E-state index is 0.0466. The molecule has 1 heteroatoms. The van der Waals surface area contributed by atoms with Crippen LogP contribution in [-0.4, -0.2) is 0 Å². The summed E-state index contributed by atoms with van der Waals surface area (Å²) >= 11 is 0. The highest BCUT2D eigenvalue weighted by molar-refractivity contribution is 6.13. The number of hydrogen-bond acceptors (Lipinski definition) is 1. The quantitative estimate of drug-likeness (QED) is 0.169. The topological polar surface area (TPSA) is 3.24 Å². The van der Waals surface area contributed by atoms with Gasteiger partial charge in [-0.25, -0.2) is 0 Å². The van der Waals surface area contributed by atoms with E-state index in [0.29, 0.717) is 0 Å². The van der Waals surface area contributed by atoms with Gasteiger partial charge in [-0.1, -0.05) is 147 Å². The van der Waals surface area contributed by atoms with Gasteiger partial charge >= 0.3 is 0 Å². The van der Waals surface area contributed by atoms with Gasteiger partial charge in [0.2, 0.25) is 0 Å². The largest absolute Gasteiger partial charge is 0.310 e. The molecule has 0 N–H and O–H groups in total. The summed E-state index contributed by atoms with van der Waals surface area (Å²) in [6.07, 6.45) is 0. The van der Waals surface area contributed by atoms with E-state index in [2.05, 4.69) is 226 Å². The second-order valence-electron chi connectivity index (χ2n) is 19.6. The molecule has 0 aromatic heterocycles. The van der Waals surface area contributed by atoms with E-state index >= 15 is 0 Å². The van der Waals surface area contributed by atoms with Gasteiger partial charge in [0.05, 0.1) is 0 Å². The van der Waals surface area contributed by atoms with Gasteiger partial charge in [-0.15, -0.1) is 0 Å². The van der Waals surface area contributed by atoms with Gasteiger partial charge in [-0.2, -0.15) is 0 Å². The zero-order valence-electron chi connectivity index (χ0n) is 35.9. The molecule has 0 atom stereocenters. The maximum atomic E-state index is 2.43. The molecule has 0 aliphatic heterocycles. The molecule has 0 spiro atoms. The van der Waals surface area contributed by atoms with Crippen LogP contribution >= 0.6 is 0 Å². The van der Waals surface area contributed by atoms with Gasteiger partial charge in [0.1, 0.15) is 0 Å². The van der Waals surface area contributed by atoms with Crippen LogP contribution in [-0.2, 0) is 16.2 Å². The van der Waals surface area contributed by atoms with Crippen molar-refractivity contribution in [2.75, 3.05) is 4.90 Å². The number of aryl methyl sites for hydroxylation is 1. The van der Waals surface area contributed by atoms with Crippen molar-refractivity contribution in [3.8, 4) is 44.5 Å². The van der Waals surface area contributed by atoms with Crippen LogP contribution in [0.2, 0.25) is 0 Å². The number of para-hydroxylation sites is 1. The smallest absolute Gasteiger partial charge is 0.0493 e. The number of anilines is 3. The predicted octanol–water partition coefficient (Wildman–Crippen LogP) is 16.6. The van der Waals surface area contributed by atoms with Crippen molar-refractivity contribution < 1.29 is 0 Å². The van der Waals surface area contributed by atoms with Crippen LogP contribution < -0.4 is 4.90 Å². The normalized spacial score (nSPS) is 12.7. The van der Waals surface area contributed by atoms with Gasteiger partial charge < -0.3 is 4.90 Å². The van der Waals surface area contributed by atoms with E-state index in [4.69, 9.17) is 0 Å². The first-order valence-corrected chi connectivity index (χ1v) is 20.9. The van der Waals surface area contributed by atoms with Gasteiger partial charge in [-0.3, -0.25) is 0 Å². The fourth-order valence-corrected chi connectivity index (χ4v) is 8.70. The second kappa shape index (κ2) is 13.6. The SMILES string of the molecule is Cc1ccc(C(C)(C)C)cc1N(c1ccccc1)c1ccc2cc3c(cc2c1)-c1cc2cc(-c4ccc(C(C)(C)C)cc4)c(-c4ccc(C(C)(C)C)cc4)cc2cc1-3. The van der Waals surface area contributed by atoms with Gasteiger partial charge in [0, 0.05) is 17.1 Å². The molecule has 0 saturated carbocycles. The summed E-state index contributed by atoms with van der Waals surface area (Å²) in [6.45, 7) is 22.8. The van der Waals surface area contributed by atoms with Crippen LogP contribution in [0.25, 0.3) is 66.1 Å². The maximum absolute atomic E-state index is 2.43. The Morgan fingerprint density at radius 1 is 0.328 bits per heavy atom. The Morgan fingerprint density at radius 3 is 1.21 bits per heavy atom. The molecular weight excluding hydrogens is 699 g/mol. The molecule has 8 aromatic carbocycles. The lowest BCUT2D eigenvalue weighted by Crippen LogP contribution is -2.15. The highest BCUT2D eigenvalue weighted by Gasteiger charge is 2.26. The van der Waals surface area contributed by atoms with Crippen LogP contribution in [0.3, 0.4) is 0 Å². The summed E-state index contributed by atoms with van der Waals surface area (Å²) in [6, 6.07) is 57.7. The molecule has 58 heavy (non-hydrogen) atoms. The third-order valence-electron chi connectivity index (χ3n) is 12.4. The summed E-state index contributed by atoms with van der Waals surface area (Å²) in [7, 11) is 0. The third kappa shape index (κ3) is 6.71. The number of benzene rings is 8. The van der Waals surface area contributed by atoms with Crippen LogP contribution in [0.1, 0.15) is 84.6 Å². The molecule has 0 fully saturated rings. The zero-order valence-corrected chi connectivity index (χ0v) is 35.9. The monoisotopic (exact) mass is 753 g/mol. The highest BCUT2D eigenvalue weighted by atomic mass is 15.1. The molecular formula is C57H55N. The molecule has 1 nitrogen and oxygen atoms in total. The fraction of sp³-hybridized carbons (Fsp3) is 0.228. The van der Waals surface area contributed by atoms with Crippen LogP contribution in [0.15, 0.2) is 152 Å².